The molecule has 0 N–H and O–H groups in total. The standard InChI is InChI=1S/C80H160O26Si3/c1-11-13-15-29-35-77(37-31-25-21-17-19-23-27-33-39-79(81)101-75-73-99-71-69-97-67-65-95-63-61-93-59-57-91-55-53-89-51-49-87-47-45-85-43-41-83-3)103-107(5,6)105-109(9,10)106-108(7,8)104-78(36-30-16-14-12-2)38-32-26-22-18-20-24-28-34-40-80(82)102-76-74-100-72-70-98-68-66-96-64-62-94-60-58-92-56-54-90-52-50-88-48-46-86-44-42-84-4/h25-26,31-32,77-78H,11-24,27-30,33-76H2,1-10H3/b31-25-,32-26-/t77-,78-/m1/s1. The van der Waals surface area contributed by atoms with Gasteiger partial charge in [0.05, 0.1) is 237 Å². The highest BCUT2D eigenvalue weighted by atomic mass is 28.5. The van der Waals surface area contributed by atoms with E-state index >= 15 is 0 Å². The molecular weight excluding hydrogens is 1460 g/mol. The van der Waals surface area contributed by atoms with Crippen LogP contribution in [0.4, 0.5) is 0 Å². The fraction of sp³-hybridized carbons (Fsp3) is 0.925. The third-order valence-corrected chi connectivity index (χ3v) is 26.0. The first-order valence-corrected chi connectivity index (χ1v) is 50.2. The summed E-state index contributed by atoms with van der Waals surface area (Å²) in [6.45, 7) is 34.8. The Balaban J connectivity index is 4.24. The van der Waals surface area contributed by atoms with Gasteiger partial charge in [-0.25, -0.2) is 0 Å². The van der Waals surface area contributed by atoms with Crippen molar-refractivity contribution in [1.82, 2.24) is 0 Å². The van der Waals surface area contributed by atoms with Gasteiger partial charge in [0.25, 0.3) is 0 Å². The van der Waals surface area contributed by atoms with E-state index in [4.69, 9.17) is 112 Å². The van der Waals surface area contributed by atoms with Crippen molar-refractivity contribution in [3.05, 3.63) is 24.3 Å². The molecule has 0 bridgehead atoms. The van der Waals surface area contributed by atoms with Gasteiger partial charge in [0, 0.05) is 27.1 Å². The first-order chi connectivity index (χ1) is 53.2. The maximum Gasteiger partial charge on any atom is 0.323 e. The van der Waals surface area contributed by atoms with Gasteiger partial charge in [-0.05, 0) is 103 Å². The molecule has 0 amide bonds. The van der Waals surface area contributed by atoms with Crippen molar-refractivity contribution in [3.8, 4) is 0 Å². The van der Waals surface area contributed by atoms with Crippen LogP contribution in [-0.4, -0.2) is 302 Å². The van der Waals surface area contributed by atoms with E-state index in [9.17, 15) is 9.59 Å². The summed E-state index contributed by atoms with van der Waals surface area (Å²) in [5.74, 6) is -0.348. The summed E-state index contributed by atoms with van der Waals surface area (Å²) in [4.78, 5) is 24.6. The van der Waals surface area contributed by atoms with Gasteiger partial charge < -0.3 is 112 Å². The van der Waals surface area contributed by atoms with Crippen LogP contribution in [0.1, 0.15) is 181 Å². The van der Waals surface area contributed by atoms with Crippen LogP contribution >= 0.6 is 0 Å². The first kappa shape index (κ1) is 107. The molecule has 0 heterocycles. The predicted octanol–water partition coefficient (Wildman–Crippen LogP) is 13.8. The number of ether oxygens (including phenoxy) is 20. The topological polar surface area (TPSA) is 256 Å². The lowest BCUT2D eigenvalue weighted by molar-refractivity contribution is -0.146. The van der Waals surface area contributed by atoms with Gasteiger partial charge >= 0.3 is 37.6 Å². The van der Waals surface area contributed by atoms with E-state index in [1.54, 1.807) is 14.2 Å². The predicted molar refractivity (Wildman–Crippen MR) is 433 cm³/mol. The maximum absolute atomic E-state index is 12.3. The van der Waals surface area contributed by atoms with Gasteiger partial charge in [0.2, 0.25) is 0 Å². The van der Waals surface area contributed by atoms with Gasteiger partial charge in [-0.1, -0.05) is 128 Å². The lowest BCUT2D eigenvalue weighted by Crippen LogP contribution is -2.55. The second kappa shape index (κ2) is 84.1. The highest BCUT2D eigenvalue weighted by Gasteiger charge is 2.43. The fourth-order valence-corrected chi connectivity index (χ4v) is 23.5. The van der Waals surface area contributed by atoms with E-state index in [0.29, 0.717) is 237 Å². The number of hydrogen-bond donors (Lipinski definition) is 0. The van der Waals surface area contributed by atoms with Crippen LogP contribution in [0.25, 0.3) is 0 Å². The van der Waals surface area contributed by atoms with Crippen LogP contribution < -0.4 is 0 Å². The minimum absolute atomic E-state index is 0.103. The molecule has 0 aromatic rings. The normalized spacial score (nSPS) is 12.9. The summed E-state index contributed by atoms with van der Waals surface area (Å²) in [5.41, 5.74) is 0. The SMILES string of the molecule is CCCCCC[C@H](C/C=C\CCCCCCCC(=O)OCCOCCOCCOCCOCCOCCOCCOCCOCCOC)O[Si](C)(C)O[Si](C)(C)O[Si](C)(C)O[C@@H](C/C=C\CCCCCCCC(=O)OCCOCCOCCOCCOCCOCCOCCOCCOCCOC)CCCCCC. The third-order valence-electron chi connectivity index (χ3n) is 16.3. The highest BCUT2D eigenvalue weighted by molar-refractivity contribution is 6.84. The largest absolute Gasteiger partial charge is 0.463 e. The molecule has 0 fully saturated rings. The van der Waals surface area contributed by atoms with Crippen molar-refractivity contribution >= 4 is 37.6 Å². The van der Waals surface area contributed by atoms with Crippen LogP contribution in [0, 0.1) is 0 Å². The van der Waals surface area contributed by atoms with Crippen molar-refractivity contribution in [2.75, 3.05) is 252 Å². The van der Waals surface area contributed by atoms with Crippen molar-refractivity contribution in [2.24, 2.45) is 0 Å². The van der Waals surface area contributed by atoms with E-state index in [-0.39, 0.29) is 37.4 Å². The number of allylic oxidation sites excluding steroid dienone is 2. The zero-order valence-corrected chi connectivity index (χ0v) is 73.4. The maximum atomic E-state index is 12.3. The van der Waals surface area contributed by atoms with E-state index in [1.807, 2.05) is 0 Å². The van der Waals surface area contributed by atoms with E-state index < -0.39 is 25.7 Å². The molecule has 648 valence electrons. The monoisotopic (exact) mass is 1620 g/mol. The third kappa shape index (κ3) is 85.4. The second-order valence-electron chi connectivity index (χ2n) is 27.8. The van der Waals surface area contributed by atoms with Crippen molar-refractivity contribution in [1.29, 1.82) is 0 Å². The Morgan fingerprint density at radius 3 is 0.725 bits per heavy atom. The minimum Gasteiger partial charge on any atom is -0.463 e. The average Bonchev–Trinajstić information content (AvgIpc) is 0.829. The van der Waals surface area contributed by atoms with Gasteiger partial charge in [-0.2, -0.15) is 0 Å². The van der Waals surface area contributed by atoms with E-state index in [1.165, 1.54) is 38.5 Å². The Morgan fingerprint density at radius 1 is 0.257 bits per heavy atom. The number of methoxy groups -OCH3 is 2. The van der Waals surface area contributed by atoms with E-state index in [0.717, 1.165) is 116 Å². The van der Waals surface area contributed by atoms with Crippen molar-refractivity contribution < 1.29 is 121 Å². The molecule has 0 radical (unpaired) electrons. The summed E-state index contributed by atoms with van der Waals surface area (Å²) >= 11 is 0. The smallest absolute Gasteiger partial charge is 0.323 e. The summed E-state index contributed by atoms with van der Waals surface area (Å²) in [6.07, 6.45) is 36.1. The molecule has 109 heavy (non-hydrogen) atoms. The van der Waals surface area contributed by atoms with Gasteiger partial charge in [0.15, 0.2) is 0 Å². The zero-order chi connectivity index (χ0) is 79.4. The Labute approximate surface area is 664 Å². The Hall–Kier alpha value is -1.81. The molecule has 0 saturated carbocycles. The number of rotatable bonds is 92. The molecule has 0 aliphatic carbocycles. The number of carbonyl (C=O) groups is 2. The number of unbranched alkanes of at least 4 members (excludes halogenated alkanes) is 16. The molecule has 0 rings (SSSR count). The molecule has 0 saturated heterocycles. The summed E-state index contributed by atoms with van der Waals surface area (Å²) in [7, 11) is -4.52. The second-order valence-corrected chi connectivity index (χ2v) is 38.3. The van der Waals surface area contributed by atoms with Crippen molar-refractivity contribution in [2.45, 2.75) is 232 Å². The molecule has 0 aliphatic rings. The van der Waals surface area contributed by atoms with Crippen LogP contribution in [0.5, 0.6) is 0 Å². The summed E-state index contributed by atoms with van der Waals surface area (Å²) in [6, 6.07) is 0. The van der Waals surface area contributed by atoms with Crippen LogP contribution in [0.15, 0.2) is 24.3 Å². The van der Waals surface area contributed by atoms with Crippen LogP contribution in [0.3, 0.4) is 0 Å². The fourth-order valence-electron chi connectivity index (χ4n) is 11.1. The number of hydrogen-bond acceptors (Lipinski definition) is 26. The molecule has 29 heteroatoms. The minimum atomic E-state index is -2.64. The molecule has 2 atom stereocenters. The van der Waals surface area contributed by atoms with Gasteiger partial charge in [-0.3, -0.25) is 9.59 Å². The molecular formula is C80H160O26Si3. The average molecular weight is 1620 g/mol. The van der Waals surface area contributed by atoms with Gasteiger partial charge in [0.1, 0.15) is 13.2 Å². The Bertz CT molecular complexity index is 1810. The molecule has 0 unspecified atom stereocenters. The molecule has 26 nitrogen and oxygen atoms in total. The number of esters is 2. The van der Waals surface area contributed by atoms with Gasteiger partial charge in [-0.15, -0.1) is 0 Å². The van der Waals surface area contributed by atoms with Crippen LogP contribution in [-0.2, 0) is 121 Å². The molecule has 0 aliphatic heterocycles. The zero-order valence-electron chi connectivity index (χ0n) is 70.4. The molecule has 0 aromatic carbocycles. The van der Waals surface area contributed by atoms with Crippen LogP contribution in [0.2, 0.25) is 39.3 Å². The lowest BCUT2D eigenvalue weighted by Gasteiger charge is -2.40. The lowest BCUT2D eigenvalue weighted by atomic mass is 10.1. The summed E-state index contributed by atoms with van der Waals surface area (Å²) < 4.78 is 136. The summed E-state index contributed by atoms with van der Waals surface area (Å²) in [5, 5.41) is 0. The molecule has 0 spiro atoms. The van der Waals surface area contributed by atoms with E-state index in [2.05, 4.69) is 77.4 Å². The Morgan fingerprint density at radius 2 is 0.477 bits per heavy atom. The first-order valence-electron chi connectivity index (χ1n) is 41.8. The Kier molecular flexibility index (Phi) is 82.7. The van der Waals surface area contributed by atoms with Crippen molar-refractivity contribution in [3.63, 3.8) is 0 Å². The highest BCUT2D eigenvalue weighted by Crippen LogP contribution is 2.27. The quantitative estimate of drug-likeness (QED) is 0.0237. The number of carbonyl (C=O) groups excluding carboxylic acids is 2. The molecule has 0 aromatic heterocycles.